The summed E-state index contributed by atoms with van der Waals surface area (Å²) in [6, 6.07) is 6.87. The lowest BCUT2D eigenvalue weighted by atomic mass is 9.92. The molecule has 3 rings (SSSR count). The van der Waals surface area contributed by atoms with Gasteiger partial charge in [-0.1, -0.05) is 12.1 Å². The van der Waals surface area contributed by atoms with Crippen molar-refractivity contribution in [2.45, 2.75) is 43.5 Å². The van der Waals surface area contributed by atoms with Crippen LogP contribution in [0.4, 0.5) is 0 Å². The van der Waals surface area contributed by atoms with E-state index in [1.165, 1.54) is 0 Å². The van der Waals surface area contributed by atoms with Crippen molar-refractivity contribution in [1.82, 2.24) is 9.62 Å². The van der Waals surface area contributed by atoms with Crippen molar-refractivity contribution >= 4 is 21.8 Å². The molecular formula is C18H26N4O3S. The standard InChI is InChI=1S/C18H26N4O3S/c1-13(19)14-6-5-11-22(12-14)17(23)9-4-10-20-18-15-7-2-3-8-16(15)26(24,25)21-18/h2-3,7-8,13-14H,4-6,9-12,19H2,1H3,(H,20,21). The van der Waals surface area contributed by atoms with E-state index in [9.17, 15) is 13.2 Å². The lowest BCUT2D eigenvalue weighted by Crippen LogP contribution is -2.45. The van der Waals surface area contributed by atoms with Crippen molar-refractivity contribution in [2.75, 3.05) is 19.6 Å². The first-order valence-corrected chi connectivity index (χ1v) is 10.6. The van der Waals surface area contributed by atoms with Gasteiger partial charge in [-0.25, -0.2) is 8.42 Å². The molecule has 0 spiro atoms. The number of hydrogen-bond acceptors (Lipinski definition) is 5. The zero-order chi connectivity index (χ0) is 18.7. The maximum absolute atomic E-state index is 12.4. The molecule has 0 radical (unpaired) electrons. The molecule has 2 aliphatic heterocycles. The van der Waals surface area contributed by atoms with Gasteiger partial charge in [0, 0.05) is 37.7 Å². The van der Waals surface area contributed by atoms with E-state index < -0.39 is 10.0 Å². The zero-order valence-electron chi connectivity index (χ0n) is 15.0. The minimum atomic E-state index is -3.51. The van der Waals surface area contributed by atoms with E-state index in [1.54, 1.807) is 24.3 Å². The number of hydrogen-bond donors (Lipinski definition) is 2. The number of sulfonamides is 1. The molecule has 1 saturated heterocycles. The summed E-state index contributed by atoms with van der Waals surface area (Å²) in [6.07, 6.45) is 3.08. The summed E-state index contributed by atoms with van der Waals surface area (Å²) in [5.74, 6) is 0.864. The molecule has 0 aliphatic carbocycles. The van der Waals surface area contributed by atoms with Crippen LogP contribution in [0.3, 0.4) is 0 Å². The molecule has 1 aromatic rings. The summed E-state index contributed by atoms with van der Waals surface area (Å²) in [4.78, 5) is 18.9. The van der Waals surface area contributed by atoms with Gasteiger partial charge in [0.2, 0.25) is 5.91 Å². The molecule has 1 fully saturated rings. The fourth-order valence-electron chi connectivity index (χ4n) is 3.50. The lowest BCUT2D eigenvalue weighted by molar-refractivity contribution is -0.133. The van der Waals surface area contributed by atoms with Crippen molar-refractivity contribution in [1.29, 1.82) is 0 Å². The normalized spacial score (nSPS) is 24.2. The summed E-state index contributed by atoms with van der Waals surface area (Å²) in [6.45, 7) is 3.93. The van der Waals surface area contributed by atoms with E-state index in [4.69, 9.17) is 5.73 Å². The van der Waals surface area contributed by atoms with Crippen molar-refractivity contribution in [3.05, 3.63) is 29.8 Å². The second-order valence-corrected chi connectivity index (χ2v) is 8.69. The molecule has 0 saturated carbocycles. The van der Waals surface area contributed by atoms with E-state index in [0.29, 0.717) is 36.7 Å². The number of carbonyl (C=O) groups excluding carboxylic acids is 1. The van der Waals surface area contributed by atoms with E-state index in [1.807, 2.05) is 11.8 Å². The molecule has 7 nitrogen and oxygen atoms in total. The Balaban J connectivity index is 1.53. The number of likely N-dealkylation sites (tertiary alicyclic amines) is 1. The Morgan fingerprint density at radius 1 is 1.42 bits per heavy atom. The zero-order valence-corrected chi connectivity index (χ0v) is 15.8. The highest BCUT2D eigenvalue weighted by Gasteiger charge is 2.30. The molecule has 2 aliphatic rings. The molecular weight excluding hydrogens is 352 g/mol. The molecule has 1 aromatic carbocycles. The number of aliphatic imine (C=N–C) groups is 1. The van der Waals surface area contributed by atoms with E-state index >= 15 is 0 Å². The summed E-state index contributed by atoms with van der Waals surface area (Å²) >= 11 is 0. The van der Waals surface area contributed by atoms with Crippen LogP contribution in [0.15, 0.2) is 34.2 Å². The van der Waals surface area contributed by atoms with Gasteiger partial charge in [0.1, 0.15) is 5.84 Å². The maximum atomic E-state index is 12.4. The highest BCUT2D eigenvalue weighted by molar-refractivity contribution is 7.90. The highest BCUT2D eigenvalue weighted by Crippen LogP contribution is 2.22. The van der Waals surface area contributed by atoms with Gasteiger partial charge in [0.15, 0.2) is 0 Å². The Morgan fingerprint density at radius 2 is 2.19 bits per heavy atom. The first-order valence-electron chi connectivity index (χ1n) is 9.08. The predicted molar refractivity (Wildman–Crippen MR) is 100 cm³/mol. The number of nitrogens with one attached hydrogen (secondary N) is 1. The Bertz CT molecular complexity index is 804. The smallest absolute Gasteiger partial charge is 0.263 e. The summed E-state index contributed by atoms with van der Waals surface area (Å²) < 4.78 is 26.5. The van der Waals surface area contributed by atoms with Crippen LogP contribution in [-0.4, -0.2) is 50.7 Å². The number of amidine groups is 1. The van der Waals surface area contributed by atoms with Gasteiger partial charge in [-0.2, -0.15) is 0 Å². The van der Waals surface area contributed by atoms with E-state index in [-0.39, 0.29) is 16.8 Å². The third kappa shape index (κ3) is 4.07. The van der Waals surface area contributed by atoms with Crippen LogP contribution in [0.2, 0.25) is 0 Å². The van der Waals surface area contributed by atoms with Crippen molar-refractivity contribution in [3.8, 4) is 0 Å². The van der Waals surface area contributed by atoms with Crippen LogP contribution in [0.25, 0.3) is 0 Å². The molecule has 0 aromatic heterocycles. The SMILES string of the molecule is CC(N)C1CCCN(C(=O)CCCN=C2NS(=O)(=O)c3ccccc32)C1. The molecule has 2 atom stereocenters. The van der Waals surface area contributed by atoms with Crippen LogP contribution >= 0.6 is 0 Å². The maximum Gasteiger partial charge on any atom is 0.263 e. The van der Waals surface area contributed by atoms with Gasteiger partial charge >= 0.3 is 0 Å². The molecule has 142 valence electrons. The van der Waals surface area contributed by atoms with Crippen LogP contribution in [0, 0.1) is 5.92 Å². The number of carbonyl (C=O) groups is 1. The third-order valence-electron chi connectivity index (χ3n) is 5.04. The fourth-order valence-corrected chi connectivity index (χ4v) is 4.75. The Morgan fingerprint density at radius 3 is 2.96 bits per heavy atom. The average Bonchev–Trinajstić information content (AvgIpc) is 2.89. The van der Waals surface area contributed by atoms with Crippen molar-refractivity contribution in [2.24, 2.45) is 16.6 Å². The largest absolute Gasteiger partial charge is 0.342 e. The lowest BCUT2D eigenvalue weighted by Gasteiger charge is -2.34. The second-order valence-electron chi connectivity index (χ2n) is 7.04. The topological polar surface area (TPSA) is 105 Å². The van der Waals surface area contributed by atoms with Crippen molar-refractivity contribution < 1.29 is 13.2 Å². The Kier molecular flexibility index (Phi) is 5.62. The molecule has 26 heavy (non-hydrogen) atoms. The number of fused-ring (bicyclic) bond motifs is 1. The van der Waals surface area contributed by atoms with Crippen LogP contribution in [0.1, 0.15) is 38.2 Å². The van der Waals surface area contributed by atoms with Gasteiger partial charge < -0.3 is 10.6 Å². The quantitative estimate of drug-likeness (QED) is 0.748. The Labute approximate surface area is 154 Å². The predicted octanol–water partition coefficient (Wildman–Crippen LogP) is 1.09. The number of amides is 1. The highest BCUT2D eigenvalue weighted by atomic mass is 32.2. The monoisotopic (exact) mass is 378 g/mol. The van der Waals surface area contributed by atoms with Crippen LogP contribution in [-0.2, 0) is 14.8 Å². The fraction of sp³-hybridized carbons (Fsp3) is 0.556. The van der Waals surface area contributed by atoms with Crippen LogP contribution < -0.4 is 10.5 Å². The van der Waals surface area contributed by atoms with Gasteiger partial charge in [-0.05, 0) is 44.2 Å². The average molecular weight is 378 g/mol. The summed E-state index contributed by atoms with van der Waals surface area (Å²) in [5.41, 5.74) is 6.56. The van der Waals surface area contributed by atoms with Crippen molar-refractivity contribution in [3.63, 3.8) is 0 Å². The van der Waals surface area contributed by atoms with Gasteiger partial charge in [0.05, 0.1) is 4.90 Å². The number of nitrogens with zero attached hydrogens (tertiary/aromatic N) is 2. The molecule has 1 amide bonds. The minimum absolute atomic E-state index is 0.104. The first kappa shape index (κ1) is 18.8. The summed E-state index contributed by atoms with van der Waals surface area (Å²) in [5, 5.41) is 0. The van der Waals surface area contributed by atoms with E-state index in [2.05, 4.69) is 9.71 Å². The van der Waals surface area contributed by atoms with Gasteiger partial charge in [0.25, 0.3) is 10.0 Å². The van der Waals surface area contributed by atoms with Gasteiger partial charge in [-0.3, -0.25) is 14.5 Å². The summed E-state index contributed by atoms with van der Waals surface area (Å²) in [7, 11) is -3.51. The van der Waals surface area contributed by atoms with Crippen LogP contribution in [0.5, 0.6) is 0 Å². The van der Waals surface area contributed by atoms with E-state index in [0.717, 1.165) is 25.9 Å². The molecule has 8 heteroatoms. The minimum Gasteiger partial charge on any atom is -0.342 e. The third-order valence-corrected chi connectivity index (χ3v) is 6.43. The Hall–Kier alpha value is -1.93. The number of piperidine rings is 1. The molecule has 3 N–H and O–H groups in total. The molecule has 2 heterocycles. The number of benzene rings is 1. The molecule has 0 bridgehead atoms. The molecule has 2 unspecified atom stereocenters. The number of rotatable bonds is 5. The van der Waals surface area contributed by atoms with Gasteiger partial charge in [-0.15, -0.1) is 0 Å². The first-order chi connectivity index (χ1) is 12.4. The second kappa shape index (κ2) is 7.75. The number of nitrogens with two attached hydrogens (primary N) is 1.